The van der Waals surface area contributed by atoms with Crippen molar-refractivity contribution in [1.29, 1.82) is 0 Å². The van der Waals surface area contributed by atoms with E-state index in [9.17, 15) is 24.0 Å². The Bertz CT molecular complexity index is 1230. The first-order chi connectivity index (χ1) is 22.8. The van der Waals surface area contributed by atoms with Crippen LogP contribution >= 0.6 is 0 Å². The molecule has 5 N–H and O–H groups in total. The monoisotopic (exact) mass is 662 g/mol. The predicted molar refractivity (Wildman–Crippen MR) is 168 cm³/mol. The van der Waals surface area contributed by atoms with Gasteiger partial charge in [-0.2, -0.15) is 0 Å². The second kappa shape index (κ2) is 23.8. The van der Waals surface area contributed by atoms with Crippen molar-refractivity contribution in [3.05, 3.63) is 47.8 Å². The van der Waals surface area contributed by atoms with E-state index in [2.05, 4.69) is 36.9 Å². The lowest BCUT2D eigenvalue weighted by molar-refractivity contribution is -0.131. The molecule has 17 heteroatoms. The fraction of sp³-hybridized carbons (Fsp3) is 0.567. The van der Waals surface area contributed by atoms with Gasteiger partial charge in [-0.05, 0) is 12.5 Å². The van der Waals surface area contributed by atoms with E-state index in [4.69, 9.17) is 18.9 Å². The van der Waals surface area contributed by atoms with Crippen molar-refractivity contribution in [1.82, 2.24) is 41.6 Å². The molecule has 0 bridgehead atoms. The summed E-state index contributed by atoms with van der Waals surface area (Å²) < 4.78 is 23.2. The summed E-state index contributed by atoms with van der Waals surface area (Å²) in [6.07, 6.45) is 2.00. The minimum Gasteiger partial charge on any atom is -0.379 e. The quantitative estimate of drug-likeness (QED) is 0.0733. The molecule has 0 unspecified atom stereocenters. The fourth-order valence-electron chi connectivity index (χ4n) is 3.83. The van der Waals surface area contributed by atoms with Gasteiger partial charge in [0, 0.05) is 26.4 Å². The van der Waals surface area contributed by atoms with Crippen molar-refractivity contribution in [2.45, 2.75) is 32.4 Å². The molecule has 2 aromatic rings. The Morgan fingerprint density at radius 2 is 1.30 bits per heavy atom. The highest BCUT2D eigenvalue weighted by Gasteiger charge is 2.22. The van der Waals surface area contributed by atoms with Crippen LogP contribution in [0.25, 0.3) is 0 Å². The number of nitrogens with one attached hydrogen (secondary N) is 5. The Morgan fingerprint density at radius 3 is 1.94 bits per heavy atom. The highest BCUT2D eigenvalue weighted by atomic mass is 16.6. The lowest BCUT2D eigenvalue weighted by atomic mass is 10.1. The van der Waals surface area contributed by atoms with Crippen molar-refractivity contribution < 1.29 is 42.9 Å². The third-order valence-corrected chi connectivity index (χ3v) is 6.11. The predicted octanol–water partition coefficient (Wildman–Crippen LogP) is -2.02. The van der Waals surface area contributed by atoms with E-state index in [1.807, 2.05) is 6.07 Å². The van der Waals surface area contributed by atoms with Gasteiger partial charge < -0.3 is 45.5 Å². The lowest BCUT2D eigenvalue weighted by Crippen LogP contribution is -2.52. The maximum absolute atomic E-state index is 12.7. The zero-order valence-electron chi connectivity index (χ0n) is 27.0. The summed E-state index contributed by atoms with van der Waals surface area (Å²) in [5.74, 6) is -2.48. The number of rotatable bonds is 25. The summed E-state index contributed by atoms with van der Waals surface area (Å²) >= 11 is 0. The zero-order chi connectivity index (χ0) is 34.1. The van der Waals surface area contributed by atoms with Crippen molar-refractivity contribution in [2.24, 2.45) is 7.05 Å². The SMILES string of the molecule is CCNC(=O)CNC(=O)[C@H](Cc1ccccc1)NC(=O)CNC(=O)CNC(=O)CCOCCOCCOCCOCc1cn(C)nn1. The number of benzene rings is 1. The molecule has 0 radical (unpaired) electrons. The molecular weight excluding hydrogens is 616 g/mol. The molecule has 1 atom stereocenters. The van der Waals surface area contributed by atoms with Crippen LogP contribution in [0.2, 0.25) is 0 Å². The first-order valence-electron chi connectivity index (χ1n) is 15.3. The number of ether oxygens (including phenoxy) is 4. The summed E-state index contributed by atoms with van der Waals surface area (Å²) in [6.45, 7) is 4.00. The first-order valence-corrected chi connectivity index (χ1v) is 15.3. The molecule has 0 aliphatic carbocycles. The van der Waals surface area contributed by atoms with Gasteiger partial charge in [0.2, 0.25) is 29.5 Å². The van der Waals surface area contributed by atoms with E-state index in [0.29, 0.717) is 52.8 Å². The molecule has 260 valence electrons. The van der Waals surface area contributed by atoms with Gasteiger partial charge in [-0.3, -0.25) is 28.7 Å². The van der Waals surface area contributed by atoms with Gasteiger partial charge >= 0.3 is 0 Å². The fourth-order valence-corrected chi connectivity index (χ4v) is 3.83. The van der Waals surface area contributed by atoms with Crippen LogP contribution in [0.5, 0.6) is 0 Å². The number of aromatic nitrogens is 3. The average Bonchev–Trinajstić information content (AvgIpc) is 3.48. The van der Waals surface area contributed by atoms with Crippen LogP contribution in [0.15, 0.2) is 36.5 Å². The topological polar surface area (TPSA) is 213 Å². The van der Waals surface area contributed by atoms with E-state index in [1.165, 1.54) is 0 Å². The van der Waals surface area contributed by atoms with Gasteiger partial charge in [-0.15, -0.1) is 5.10 Å². The molecule has 5 amide bonds. The molecule has 1 aromatic heterocycles. The first kappa shape index (κ1) is 38.7. The van der Waals surface area contributed by atoms with E-state index < -0.39 is 36.2 Å². The van der Waals surface area contributed by atoms with Crippen molar-refractivity contribution in [2.75, 3.05) is 72.4 Å². The standard InChI is InChI=1S/C30H46N8O9/c1-3-31-27(40)19-34-30(43)25(17-23-7-5-4-6-8-23)35-29(42)20-33-28(41)18-32-26(39)9-10-44-11-12-45-13-14-46-15-16-47-22-24-21-38(2)37-36-24/h4-8,21,25H,3,9-20,22H2,1-2H3,(H,31,40)(H,32,39)(H,33,41)(H,34,43)(H,35,42)/t25-/m0/s1. The van der Waals surface area contributed by atoms with Gasteiger partial charge in [0.05, 0.1) is 78.7 Å². The van der Waals surface area contributed by atoms with Gasteiger partial charge in [0.25, 0.3) is 0 Å². The van der Waals surface area contributed by atoms with Crippen LogP contribution in [0.4, 0.5) is 0 Å². The summed E-state index contributed by atoms with van der Waals surface area (Å²) in [4.78, 5) is 61.1. The second-order valence-electron chi connectivity index (χ2n) is 10.1. The Labute approximate surface area is 273 Å². The van der Waals surface area contributed by atoms with E-state index >= 15 is 0 Å². The Balaban J connectivity index is 1.50. The summed E-state index contributed by atoms with van der Waals surface area (Å²) in [5, 5.41) is 20.3. The van der Waals surface area contributed by atoms with E-state index in [-0.39, 0.29) is 38.4 Å². The van der Waals surface area contributed by atoms with Crippen LogP contribution < -0.4 is 26.6 Å². The minimum absolute atomic E-state index is 0.0397. The minimum atomic E-state index is -0.971. The molecule has 17 nitrogen and oxygen atoms in total. The maximum atomic E-state index is 12.7. The molecule has 1 heterocycles. The third kappa shape index (κ3) is 19.0. The number of likely N-dealkylation sites (N-methyl/N-ethyl adjacent to an activating group) is 1. The molecule has 2 rings (SSSR count). The second-order valence-corrected chi connectivity index (χ2v) is 10.1. The lowest BCUT2D eigenvalue weighted by Gasteiger charge is -2.19. The van der Waals surface area contributed by atoms with Crippen LogP contribution in [-0.2, 0) is 63.0 Å². The molecule has 0 aliphatic heterocycles. The smallest absolute Gasteiger partial charge is 0.243 e. The van der Waals surface area contributed by atoms with Crippen LogP contribution in [0.1, 0.15) is 24.6 Å². The molecule has 0 saturated heterocycles. The highest BCUT2D eigenvalue weighted by molar-refractivity contribution is 5.92. The molecule has 47 heavy (non-hydrogen) atoms. The van der Waals surface area contributed by atoms with Crippen molar-refractivity contribution in [3.63, 3.8) is 0 Å². The van der Waals surface area contributed by atoms with Crippen molar-refractivity contribution in [3.8, 4) is 0 Å². The zero-order valence-corrected chi connectivity index (χ0v) is 27.0. The molecule has 0 aliphatic rings. The number of aryl methyl sites for hydroxylation is 1. The van der Waals surface area contributed by atoms with E-state index in [1.54, 1.807) is 49.1 Å². The molecule has 0 spiro atoms. The van der Waals surface area contributed by atoms with Crippen LogP contribution in [-0.4, -0.2) is 123 Å². The Hall–Kier alpha value is -4.45. The van der Waals surface area contributed by atoms with Gasteiger partial charge in [0.1, 0.15) is 11.7 Å². The highest BCUT2D eigenvalue weighted by Crippen LogP contribution is 2.04. The number of nitrogens with zero attached hydrogens (tertiary/aromatic N) is 3. The van der Waals surface area contributed by atoms with Crippen LogP contribution in [0.3, 0.4) is 0 Å². The molecular formula is C30H46N8O9. The maximum Gasteiger partial charge on any atom is 0.243 e. The average molecular weight is 663 g/mol. The number of carbonyl (C=O) groups is 5. The Morgan fingerprint density at radius 1 is 0.723 bits per heavy atom. The summed E-state index contributed by atoms with van der Waals surface area (Å²) in [6, 6.07) is 8.08. The molecule has 0 fully saturated rings. The number of carbonyl (C=O) groups excluding carboxylic acids is 5. The molecule has 1 aromatic carbocycles. The summed E-state index contributed by atoms with van der Waals surface area (Å²) in [5.41, 5.74) is 1.55. The van der Waals surface area contributed by atoms with Gasteiger partial charge in [0.15, 0.2) is 0 Å². The van der Waals surface area contributed by atoms with Gasteiger partial charge in [-0.1, -0.05) is 35.5 Å². The molecule has 0 saturated carbocycles. The van der Waals surface area contributed by atoms with Crippen LogP contribution in [0, 0.1) is 0 Å². The van der Waals surface area contributed by atoms with Crippen molar-refractivity contribution >= 4 is 29.5 Å². The Kier molecular flexibility index (Phi) is 19.6. The number of hydrogen-bond donors (Lipinski definition) is 5. The van der Waals surface area contributed by atoms with E-state index in [0.717, 1.165) is 11.3 Å². The third-order valence-electron chi connectivity index (χ3n) is 6.11. The van der Waals surface area contributed by atoms with Gasteiger partial charge in [-0.25, -0.2) is 0 Å². The normalized spacial score (nSPS) is 11.4. The largest absolute Gasteiger partial charge is 0.379 e. The summed E-state index contributed by atoms with van der Waals surface area (Å²) in [7, 11) is 1.79. The number of amides is 5. The number of hydrogen-bond acceptors (Lipinski definition) is 11.